The van der Waals surface area contributed by atoms with Gasteiger partial charge in [0.15, 0.2) is 5.78 Å². The zero-order chi connectivity index (χ0) is 24.1. The Hall–Kier alpha value is -3.08. The Morgan fingerprint density at radius 1 is 0.914 bits per heavy atom. The van der Waals surface area contributed by atoms with Gasteiger partial charge in [0.2, 0.25) is 5.91 Å². The van der Waals surface area contributed by atoms with Crippen LogP contribution in [0.15, 0.2) is 84.1 Å². The summed E-state index contributed by atoms with van der Waals surface area (Å²) in [5.74, 6) is 0.0932. The number of rotatable bonds is 3. The number of amides is 1. The lowest BCUT2D eigenvalue weighted by molar-refractivity contribution is -0.120. The number of fused-ring (bicyclic) bond motifs is 1. The number of nitrogens with zero attached hydrogens (tertiary/aromatic N) is 1. The topological polar surface area (TPSA) is 49.4 Å². The minimum Gasteiger partial charge on any atom is -0.357 e. The molecule has 0 spiro atoms. The van der Waals surface area contributed by atoms with Crippen LogP contribution >= 0.6 is 23.2 Å². The van der Waals surface area contributed by atoms with Gasteiger partial charge in [-0.2, -0.15) is 0 Å². The van der Waals surface area contributed by atoms with Crippen LogP contribution in [0.2, 0.25) is 10.0 Å². The minimum atomic E-state index is -0.622. The molecule has 2 atom stereocenters. The van der Waals surface area contributed by atoms with Crippen molar-refractivity contribution in [2.24, 2.45) is 5.92 Å². The molecular formula is C29H24Cl2N2O2. The number of carbonyl (C=O) groups is 2. The van der Waals surface area contributed by atoms with Gasteiger partial charge in [-0.05, 0) is 60.6 Å². The van der Waals surface area contributed by atoms with E-state index in [1.165, 1.54) is 0 Å². The molecular weight excluding hydrogens is 479 g/mol. The molecule has 1 saturated carbocycles. The summed E-state index contributed by atoms with van der Waals surface area (Å²) in [4.78, 5) is 29.5. The number of halogens is 2. The number of ketones is 1. The maximum atomic E-state index is 13.9. The van der Waals surface area contributed by atoms with Gasteiger partial charge in [-0.15, -0.1) is 0 Å². The van der Waals surface area contributed by atoms with Gasteiger partial charge in [0.1, 0.15) is 0 Å². The van der Waals surface area contributed by atoms with E-state index in [4.69, 9.17) is 23.2 Å². The lowest BCUT2D eigenvalue weighted by atomic mass is 9.78. The van der Waals surface area contributed by atoms with E-state index in [2.05, 4.69) is 17.4 Å². The third-order valence-corrected chi connectivity index (χ3v) is 7.74. The van der Waals surface area contributed by atoms with Gasteiger partial charge in [0.05, 0.1) is 17.4 Å². The van der Waals surface area contributed by atoms with Gasteiger partial charge < -0.3 is 5.32 Å². The van der Waals surface area contributed by atoms with Gasteiger partial charge in [0.25, 0.3) is 0 Å². The molecule has 1 fully saturated rings. The van der Waals surface area contributed by atoms with Crippen molar-refractivity contribution in [2.45, 2.75) is 37.6 Å². The van der Waals surface area contributed by atoms with E-state index in [0.717, 1.165) is 35.5 Å². The fourth-order valence-electron chi connectivity index (χ4n) is 5.34. The predicted molar refractivity (Wildman–Crippen MR) is 140 cm³/mol. The molecule has 1 aliphatic heterocycles. The fraction of sp³-hybridized carbons (Fsp3) is 0.241. The molecule has 3 aromatic rings. The van der Waals surface area contributed by atoms with Gasteiger partial charge in [-0.1, -0.05) is 71.7 Å². The zero-order valence-corrected chi connectivity index (χ0v) is 20.5. The molecule has 6 rings (SSSR count). The third kappa shape index (κ3) is 4.05. The molecule has 0 saturated heterocycles. The van der Waals surface area contributed by atoms with E-state index in [1.54, 1.807) is 17.0 Å². The normalized spacial score (nSPS) is 21.7. The Kier molecular flexibility index (Phi) is 5.66. The Morgan fingerprint density at radius 3 is 2.40 bits per heavy atom. The monoisotopic (exact) mass is 502 g/mol. The van der Waals surface area contributed by atoms with Gasteiger partial charge >= 0.3 is 0 Å². The molecule has 0 aromatic heterocycles. The highest BCUT2D eigenvalue weighted by molar-refractivity contribution is 6.35. The van der Waals surface area contributed by atoms with Crippen molar-refractivity contribution in [3.63, 3.8) is 0 Å². The summed E-state index contributed by atoms with van der Waals surface area (Å²) in [7, 11) is 0. The lowest BCUT2D eigenvalue weighted by Gasteiger charge is -2.35. The Balaban J connectivity index is 1.57. The van der Waals surface area contributed by atoms with Crippen molar-refractivity contribution < 1.29 is 9.59 Å². The first-order valence-electron chi connectivity index (χ1n) is 12.0. The standard InChI is InChI=1S/C29H24Cl2N2O2/c30-20-12-13-21(22(31)16-20)28-27-24(14-19(15-26(27)34)17-6-2-1-3-7-17)32-23-8-4-5-9-25(23)33(28)29(35)18-10-11-18/h1-9,12-13,16,18-19,28,32H,10-11,14-15H2/t19-,28+/m1/s1. The Labute approximate surface area is 214 Å². The predicted octanol–water partition coefficient (Wildman–Crippen LogP) is 7.30. The maximum Gasteiger partial charge on any atom is 0.231 e. The molecule has 4 nitrogen and oxygen atoms in total. The van der Waals surface area contributed by atoms with Gasteiger partial charge in [0, 0.05) is 33.7 Å². The average molecular weight is 503 g/mol. The summed E-state index contributed by atoms with van der Waals surface area (Å²) in [6, 6.07) is 22.6. The largest absolute Gasteiger partial charge is 0.357 e. The van der Waals surface area contributed by atoms with Gasteiger partial charge in [-0.25, -0.2) is 0 Å². The Morgan fingerprint density at radius 2 is 1.66 bits per heavy atom. The van der Waals surface area contributed by atoms with Crippen molar-refractivity contribution in [1.29, 1.82) is 0 Å². The van der Waals surface area contributed by atoms with E-state index < -0.39 is 6.04 Å². The molecule has 1 amide bonds. The van der Waals surface area contributed by atoms with Crippen LogP contribution in [0.5, 0.6) is 0 Å². The number of allylic oxidation sites excluding steroid dienone is 1. The summed E-state index contributed by atoms with van der Waals surface area (Å²) < 4.78 is 0. The summed E-state index contributed by atoms with van der Waals surface area (Å²) in [6.07, 6.45) is 2.78. The van der Waals surface area contributed by atoms with Crippen LogP contribution in [0.25, 0.3) is 0 Å². The molecule has 6 heteroatoms. The highest BCUT2D eigenvalue weighted by Crippen LogP contribution is 2.50. The maximum absolute atomic E-state index is 13.9. The number of anilines is 2. The summed E-state index contributed by atoms with van der Waals surface area (Å²) in [5.41, 5.74) is 4.90. The first-order valence-corrected chi connectivity index (χ1v) is 12.7. The number of hydrogen-bond acceptors (Lipinski definition) is 3. The van der Waals surface area contributed by atoms with Crippen LogP contribution in [-0.4, -0.2) is 11.7 Å². The van der Waals surface area contributed by atoms with Crippen LogP contribution in [0, 0.1) is 5.92 Å². The lowest BCUT2D eigenvalue weighted by Crippen LogP contribution is -2.39. The van der Waals surface area contributed by atoms with E-state index in [0.29, 0.717) is 34.0 Å². The van der Waals surface area contributed by atoms with Crippen molar-refractivity contribution in [3.05, 3.63) is 105 Å². The first kappa shape index (κ1) is 22.4. The molecule has 176 valence electrons. The average Bonchev–Trinajstić information content (AvgIpc) is 3.71. The van der Waals surface area contributed by atoms with E-state index >= 15 is 0 Å². The summed E-state index contributed by atoms with van der Waals surface area (Å²) >= 11 is 13.0. The van der Waals surface area contributed by atoms with Crippen LogP contribution in [0.4, 0.5) is 11.4 Å². The molecule has 35 heavy (non-hydrogen) atoms. The van der Waals surface area contributed by atoms with Crippen molar-refractivity contribution in [1.82, 2.24) is 0 Å². The number of carbonyl (C=O) groups excluding carboxylic acids is 2. The number of benzene rings is 3. The smallest absolute Gasteiger partial charge is 0.231 e. The highest BCUT2D eigenvalue weighted by atomic mass is 35.5. The minimum absolute atomic E-state index is 0.0296. The number of para-hydroxylation sites is 2. The first-order chi connectivity index (χ1) is 17.0. The second-order valence-electron chi connectivity index (χ2n) is 9.52. The van der Waals surface area contributed by atoms with Crippen LogP contribution in [0.1, 0.15) is 48.8 Å². The summed E-state index contributed by atoms with van der Waals surface area (Å²) in [5, 5.41) is 4.52. The number of Topliss-reactive ketones (excluding diaryl/α,β-unsaturated/α-hetero) is 1. The van der Waals surface area contributed by atoms with Crippen LogP contribution < -0.4 is 10.2 Å². The molecule has 3 aromatic carbocycles. The third-order valence-electron chi connectivity index (χ3n) is 7.18. The molecule has 1 heterocycles. The molecule has 0 bridgehead atoms. The van der Waals surface area contributed by atoms with E-state index in [-0.39, 0.29) is 23.5 Å². The molecule has 2 aliphatic carbocycles. The Bertz CT molecular complexity index is 1360. The number of nitrogens with one attached hydrogen (secondary N) is 1. The zero-order valence-electron chi connectivity index (χ0n) is 19.0. The molecule has 3 aliphatic rings. The second-order valence-corrected chi connectivity index (χ2v) is 10.4. The SMILES string of the molecule is O=C1C[C@H](c2ccccc2)CC2=C1[C@H](c1ccc(Cl)cc1Cl)N(C(=O)C1CC1)c1ccccc1N2. The van der Waals surface area contributed by atoms with E-state index in [9.17, 15) is 9.59 Å². The fourth-order valence-corrected chi connectivity index (χ4v) is 5.85. The quantitative estimate of drug-likeness (QED) is 0.408. The van der Waals surface area contributed by atoms with Gasteiger partial charge in [-0.3, -0.25) is 14.5 Å². The van der Waals surface area contributed by atoms with Crippen molar-refractivity contribution in [2.75, 3.05) is 10.2 Å². The summed E-state index contributed by atoms with van der Waals surface area (Å²) in [6.45, 7) is 0. The molecule has 0 unspecified atom stereocenters. The molecule has 0 radical (unpaired) electrons. The highest BCUT2D eigenvalue weighted by Gasteiger charge is 2.45. The van der Waals surface area contributed by atoms with Crippen LogP contribution in [0.3, 0.4) is 0 Å². The van der Waals surface area contributed by atoms with Crippen molar-refractivity contribution >= 4 is 46.3 Å². The van der Waals surface area contributed by atoms with Crippen molar-refractivity contribution in [3.8, 4) is 0 Å². The number of hydrogen-bond donors (Lipinski definition) is 1. The molecule has 1 N–H and O–H groups in total. The second kappa shape index (κ2) is 8.85. The van der Waals surface area contributed by atoms with Crippen LogP contribution in [-0.2, 0) is 9.59 Å². The van der Waals surface area contributed by atoms with E-state index in [1.807, 2.05) is 48.5 Å².